The van der Waals surface area contributed by atoms with E-state index in [0.29, 0.717) is 29.3 Å². The van der Waals surface area contributed by atoms with Crippen molar-refractivity contribution < 1.29 is 4.74 Å². The van der Waals surface area contributed by atoms with Gasteiger partial charge in [-0.2, -0.15) is 10.5 Å². The zero-order valence-corrected chi connectivity index (χ0v) is 18.4. The largest absolute Gasteiger partial charge is 0.486 e. The molecular formula is C25H25N5O2. The predicted octanol–water partition coefficient (Wildman–Crippen LogP) is 4.40. The van der Waals surface area contributed by atoms with E-state index in [1.807, 2.05) is 18.2 Å². The maximum absolute atomic E-state index is 12.7. The summed E-state index contributed by atoms with van der Waals surface area (Å²) in [4.78, 5) is 12.7. The van der Waals surface area contributed by atoms with E-state index in [0.717, 1.165) is 16.6 Å². The van der Waals surface area contributed by atoms with Crippen molar-refractivity contribution in [2.45, 2.75) is 32.9 Å². The lowest BCUT2D eigenvalue weighted by atomic mass is 9.99. The first kappa shape index (κ1) is 22.6. The molecule has 0 fully saturated rings. The summed E-state index contributed by atoms with van der Waals surface area (Å²) in [6.45, 7) is 8.48. The Kier molecular flexibility index (Phi) is 6.61. The fourth-order valence-corrected chi connectivity index (χ4v) is 3.64. The minimum absolute atomic E-state index is 0.0720. The third kappa shape index (κ3) is 4.48. The molecule has 0 bridgehead atoms. The third-order valence-corrected chi connectivity index (χ3v) is 5.21. The number of benzene rings is 2. The normalized spacial score (nSPS) is 11.7. The second-order valence-electron chi connectivity index (χ2n) is 8.06. The van der Waals surface area contributed by atoms with Crippen LogP contribution in [0.5, 0.6) is 5.75 Å². The van der Waals surface area contributed by atoms with Crippen molar-refractivity contribution in [3.8, 4) is 29.0 Å². The average Bonchev–Trinajstić information content (AvgIpc) is 3.02. The van der Waals surface area contributed by atoms with E-state index < -0.39 is 6.10 Å². The van der Waals surface area contributed by atoms with Crippen LogP contribution in [-0.2, 0) is 13.6 Å². The summed E-state index contributed by atoms with van der Waals surface area (Å²) in [5, 5.41) is 26.1. The predicted molar refractivity (Wildman–Crippen MR) is 125 cm³/mol. The molecule has 0 radical (unpaired) electrons. The Labute approximate surface area is 186 Å². The van der Waals surface area contributed by atoms with E-state index in [4.69, 9.17) is 15.4 Å². The zero-order valence-electron chi connectivity index (χ0n) is 18.4. The number of hydrogen-bond acceptors (Lipinski definition) is 5. The van der Waals surface area contributed by atoms with Gasteiger partial charge in [0.05, 0.1) is 22.7 Å². The molecule has 0 saturated heterocycles. The molecule has 1 aromatic heterocycles. The molecule has 2 aromatic carbocycles. The van der Waals surface area contributed by atoms with Crippen molar-refractivity contribution in [1.29, 1.82) is 15.9 Å². The number of nitrogens with one attached hydrogen (secondary N) is 1. The van der Waals surface area contributed by atoms with E-state index in [1.54, 1.807) is 46.5 Å². The average molecular weight is 428 g/mol. The molecule has 162 valence electrons. The van der Waals surface area contributed by atoms with Crippen molar-refractivity contribution in [2.24, 2.45) is 13.0 Å². The van der Waals surface area contributed by atoms with Crippen LogP contribution in [0.3, 0.4) is 0 Å². The van der Waals surface area contributed by atoms with Crippen molar-refractivity contribution in [3.05, 3.63) is 65.1 Å². The highest BCUT2D eigenvalue weighted by molar-refractivity contribution is 5.96. The minimum atomic E-state index is -0.531. The van der Waals surface area contributed by atoms with Crippen molar-refractivity contribution in [3.63, 3.8) is 0 Å². The summed E-state index contributed by atoms with van der Waals surface area (Å²) in [5.74, 6) is 0.832. The molecule has 1 unspecified atom stereocenters. The topological polar surface area (TPSA) is 108 Å². The van der Waals surface area contributed by atoms with Crippen LogP contribution in [0.2, 0.25) is 0 Å². The first-order valence-corrected chi connectivity index (χ1v) is 10.3. The number of hydrogen-bond donors (Lipinski definition) is 1. The standard InChI is InChI=1S/C25H25N5O2/c1-5-20(11-19(28)14-27)32-21-8-6-18(13-26)22(12-21)17-7-9-23-24(10-17)29(4)25(31)30(23)15-16(2)3/h5-10,12,16,20,28H,1,11,15H2,2-4H3. The van der Waals surface area contributed by atoms with E-state index >= 15 is 0 Å². The van der Waals surface area contributed by atoms with Crippen LogP contribution in [0.25, 0.3) is 22.2 Å². The monoisotopic (exact) mass is 427 g/mol. The van der Waals surface area contributed by atoms with E-state index in [-0.39, 0.29) is 17.8 Å². The first-order chi connectivity index (χ1) is 15.3. The summed E-state index contributed by atoms with van der Waals surface area (Å²) in [5.41, 5.74) is 3.41. The van der Waals surface area contributed by atoms with Gasteiger partial charge in [-0.25, -0.2) is 4.79 Å². The van der Waals surface area contributed by atoms with Gasteiger partial charge in [0.15, 0.2) is 0 Å². The second kappa shape index (κ2) is 9.36. The number of nitrogens with zero attached hydrogens (tertiary/aromatic N) is 4. The lowest BCUT2D eigenvalue weighted by Gasteiger charge is -2.16. The Morgan fingerprint density at radius 2 is 1.97 bits per heavy atom. The fraction of sp³-hybridized carbons (Fsp3) is 0.280. The van der Waals surface area contributed by atoms with E-state index in [9.17, 15) is 10.1 Å². The SMILES string of the molecule is C=CC(CC(=N)C#N)Oc1ccc(C#N)c(-c2ccc3c(c2)n(C)c(=O)n3CC(C)C)c1. The number of ether oxygens (including phenoxy) is 1. The molecular weight excluding hydrogens is 402 g/mol. The summed E-state index contributed by atoms with van der Waals surface area (Å²) in [6.07, 6.45) is 1.13. The number of aromatic nitrogens is 2. The number of nitriles is 2. The Morgan fingerprint density at radius 1 is 1.22 bits per heavy atom. The summed E-state index contributed by atoms with van der Waals surface area (Å²) < 4.78 is 9.29. The quantitative estimate of drug-likeness (QED) is 0.424. The Bertz CT molecular complexity index is 1330. The van der Waals surface area contributed by atoms with Crippen LogP contribution in [-0.4, -0.2) is 20.9 Å². The van der Waals surface area contributed by atoms with Crippen molar-refractivity contribution >= 4 is 16.7 Å². The Balaban J connectivity index is 2.06. The summed E-state index contributed by atoms with van der Waals surface area (Å²) in [7, 11) is 1.74. The molecule has 0 spiro atoms. The number of fused-ring (bicyclic) bond motifs is 1. The number of imidazole rings is 1. The molecule has 1 heterocycles. The first-order valence-electron chi connectivity index (χ1n) is 10.3. The fourth-order valence-electron chi connectivity index (χ4n) is 3.64. The van der Waals surface area contributed by atoms with E-state index in [2.05, 4.69) is 26.5 Å². The van der Waals surface area contributed by atoms with Crippen LogP contribution < -0.4 is 10.4 Å². The van der Waals surface area contributed by atoms with Crippen LogP contribution in [0.15, 0.2) is 53.8 Å². The Morgan fingerprint density at radius 3 is 2.59 bits per heavy atom. The molecule has 0 aliphatic heterocycles. The van der Waals surface area contributed by atoms with Gasteiger partial charge in [-0.15, -0.1) is 0 Å². The molecule has 1 atom stereocenters. The molecule has 32 heavy (non-hydrogen) atoms. The molecule has 3 aromatic rings. The van der Waals surface area contributed by atoms with Gasteiger partial charge in [0.1, 0.15) is 23.6 Å². The van der Waals surface area contributed by atoms with Crippen LogP contribution in [0.4, 0.5) is 0 Å². The lowest BCUT2D eigenvalue weighted by molar-refractivity contribution is 0.258. The molecule has 0 aliphatic carbocycles. The number of rotatable bonds is 8. The van der Waals surface area contributed by atoms with Crippen molar-refractivity contribution in [1.82, 2.24) is 9.13 Å². The Hall–Kier alpha value is -4.10. The van der Waals surface area contributed by atoms with Crippen molar-refractivity contribution in [2.75, 3.05) is 0 Å². The highest BCUT2D eigenvalue weighted by Crippen LogP contribution is 2.31. The lowest BCUT2D eigenvalue weighted by Crippen LogP contribution is -2.24. The van der Waals surface area contributed by atoms with Gasteiger partial charge in [-0.3, -0.25) is 14.5 Å². The van der Waals surface area contributed by atoms with Gasteiger partial charge in [-0.05, 0) is 41.8 Å². The second-order valence-corrected chi connectivity index (χ2v) is 8.06. The van der Waals surface area contributed by atoms with Crippen LogP contribution in [0, 0.1) is 34.0 Å². The highest BCUT2D eigenvalue weighted by atomic mass is 16.5. The molecule has 1 N–H and O–H groups in total. The van der Waals surface area contributed by atoms with Gasteiger partial charge in [-0.1, -0.05) is 32.6 Å². The van der Waals surface area contributed by atoms with Gasteiger partial charge in [0.25, 0.3) is 0 Å². The van der Waals surface area contributed by atoms with Crippen LogP contribution in [0.1, 0.15) is 25.8 Å². The molecule has 3 rings (SSSR count). The maximum atomic E-state index is 12.7. The van der Waals surface area contributed by atoms with Crippen LogP contribution >= 0.6 is 0 Å². The highest BCUT2D eigenvalue weighted by Gasteiger charge is 2.16. The zero-order chi connectivity index (χ0) is 23.4. The molecule has 0 aliphatic rings. The third-order valence-electron chi connectivity index (χ3n) is 5.21. The minimum Gasteiger partial charge on any atom is -0.486 e. The maximum Gasteiger partial charge on any atom is 0.328 e. The molecule has 0 saturated carbocycles. The molecule has 0 amide bonds. The van der Waals surface area contributed by atoms with Gasteiger partial charge in [0, 0.05) is 25.6 Å². The van der Waals surface area contributed by atoms with Gasteiger partial charge in [0.2, 0.25) is 0 Å². The van der Waals surface area contributed by atoms with Gasteiger partial charge >= 0.3 is 5.69 Å². The van der Waals surface area contributed by atoms with Gasteiger partial charge < -0.3 is 4.74 Å². The van der Waals surface area contributed by atoms with E-state index in [1.165, 1.54) is 0 Å². The summed E-state index contributed by atoms with van der Waals surface area (Å²) >= 11 is 0. The number of aryl methyl sites for hydroxylation is 1. The smallest absolute Gasteiger partial charge is 0.328 e. The molecule has 7 nitrogen and oxygen atoms in total. The summed E-state index contributed by atoms with van der Waals surface area (Å²) in [6, 6.07) is 14.8. The molecule has 7 heteroatoms.